The van der Waals surface area contributed by atoms with Crippen LogP contribution >= 0.6 is 10.2 Å². The van der Waals surface area contributed by atoms with Crippen LogP contribution in [0.5, 0.6) is 0 Å². The minimum absolute atomic E-state index is 0.0104. The fourth-order valence-corrected chi connectivity index (χ4v) is 3.37. The van der Waals surface area contributed by atoms with Gasteiger partial charge in [0.2, 0.25) is 0 Å². The van der Waals surface area contributed by atoms with Gasteiger partial charge in [-0.05, 0) is 57.4 Å². The Kier molecular flexibility index (Phi) is 5.50. The van der Waals surface area contributed by atoms with E-state index in [0.29, 0.717) is 26.1 Å². The Morgan fingerprint density at radius 1 is 1.14 bits per heavy atom. The first-order valence-electron chi connectivity index (χ1n) is 8.80. The van der Waals surface area contributed by atoms with Crippen molar-refractivity contribution in [2.75, 3.05) is 25.0 Å². The molecule has 12 heteroatoms. The monoisotopic (exact) mass is 445 g/mol. The molecular weight excluding hydrogens is 421 g/mol. The van der Waals surface area contributed by atoms with Gasteiger partial charge in [-0.2, -0.15) is 0 Å². The van der Waals surface area contributed by atoms with Gasteiger partial charge < -0.3 is 20.3 Å². The van der Waals surface area contributed by atoms with Crippen LogP contribution < -0.4 is 10.6 Å². The van der Waals surface area contributed by atoms with Crippen molar-refractivity contribution in [3.8, 4) is 0 Å². The Morgan fingerprint density at radius 3 is 2.24 bits per heavy atom. The van der Waals surface area contributed by atoms with E-state index in [4.69, 9.17) is 4.74 Å². The normalized spacial score (nSPS) is 19.9. The van der Waals surface area contributed by atoms with Crippen LogP contribution in [0.1, 0.15) is 27.2 Å². The summed E-state index contributed by atoms with van der Waals surface area (Å²) in [7, 11) is -9.74. The third-order valence-electron chi connectivity index (χ3n) is 4.06. The summed E-state index contributed by atoms with van der Waals surface area (Å²) < 4.78 is 68.7. The Labute approximate surface area is 165 Å². The number of alkyl carbamates (subject to hydrolysis) is 1. The predicted octanol–water partition coefficient (Wildman–Crippen LogP) is 5.72. The zero-order chi connectivity index (χ0) is 22.2. The number of likely N-dealkylation sites (tertiary alicyclic amines) is 1. The number of carbonyl (C=O) groups is 2. The summed E-state index contributed by atoms with van der Waals surface area (Å²) in [6, 6.07) is 1.49. The first-order valence-corrected chi connectivity index (χ1v) is 10.7. The summed E-state index contributed by atoms with van der Waals surface area (Å²) >= 11 is 0. The summed E-state index contributed by atoms with van der Waals surface area (Å²) in [5.74, 6) is -0.0104. The Hall–Kier alpha value is -2.24. The third kappa shape index (κ3) is 7.26. The average Bonchev–Trinajstić information content (AvgIpc) is 2.98. The molecule has 1 atom stereocenters. The highest BCUT2D eigenvalue weighted by atomic mass is 32.5. The SMILES string of the molecule is CC(C)(C)OC(=O)NCC1CCN(C(=O)Nc2ccc(S(F)(F)(F)(F)F)cc2)C1. The molecule has 1 unspecified atom stereocenters. The van der Waals surface area contributed by atoms with Crippen LogP contribution in [0.15, 0.2) is 29.2 Å². The summed E-state index contributed by atoms with van der Waals surface area (Å²) in [6.45, 7) is 6.22. The number of urea groups is 1. The van der Waals surface area contributed by atoms with E-state index in [2.05, 4.69) is 10.6 Å². The maximum Gasteiger partial charge on any atom is 0.407 e. The van der Waals surface area contributed by atoms with E-state index in [9.17, 15) is 29.0 Å². The molecule has 2 rings (SSSR count). The molecule has 0 bridgehead atoms. The quantitative estimate of drug-likeness (QED) is 0.582. The molecule has 0 spiro atoms. The molecule has 166 valence electrons. The van der Waals surface area contributed by atoms with Gasteiger partial charge in [-0.3, -0.25) is 0 Å². The number of nitrogens with one attached hydrogen (secondary N) is 2. The molecule has 6 nitrogen and oxygen atoms in total. The van der Waals surface area contributed by atoms with Gasteiger partial charge in [-0.25, -0.2) is 9.59 Å². The number of amides is 3. The first-order chi connectivity index (χ1) is 12.9. The number of benzene rings is 1. The van der Waals surface area contributed by atoms with Crippen molar-refractivity contribution >= 4 is 28.0 Å². The van der Waals surface area contributed by atoms with Crippen LogP contribution in [0.25, 0.3) is 0 Å². The number of anilines is 1. The molecule has 3 amide bonds. The van der Waals surface area contributed by atoms with E-state index in [1.807, 2.05) is 0 Å². The summed E-state index contributed by atoms with van der Waals surface area (Å²) in [5.41, 5.74) is -0.657. The average molecular weight is 445 g/mol. The van der Waals surface area contributed by atoms with Crippen LogP contribution in [0.3, 0.4) is 0 Å². The van der Waals surface area contributed by atoms with Crippen LogP contribution in [0, 0.1) is 5.92 Å². The minimum atomic E-state index is -9.74. The standard InChI is InChI=1S/C17H24F5N3O3S/c1-17(2,3)28-16(27)23-10-12-8-9-25(11-12)15(26)24-13-4-6-14(7-5-13)29(18,19,20,21)22/h4-7,12H,8-11H2,1-3H3,(H,23,27)(H,24,26). The molecule has 1 aliphatic heterocycles. The maximum absolute atomic E-state index is 12.7. The van der Waals surface area contributed by atoms with Crippen molar-refractivity contribution in [3.05, 3.63) is 24.3 Å². The van der Waals surface area contributed by atoms with Crippen LogP contribution in [0.4, 0.5) is 34.7 Å². The highest BCUT2D eigenvalue weighted by Crippen LogP contribution is 3.02. The lowest BCUT2D eigenvalue weighted by Crippen LogP contribution is -2.37. The highest BCUT2D eigenvalue weighted by molar-refractivity contribution is 8.45. The van der Waals surface area contributed by atoms with Crippen molar-refractivity contribution in [1.29, 1.82) is 0 Å². The molecule has 1 aliphatic rings. The Morgan fingerprint density at radius 2 is 1.72 bits per heavy atom. The lowest BCUT2D eigenvalue weighted by Gasteiger charge is -2.40. The molecule has 1 aromatic rings. The minimum Gasteiger partial charge on any atom is -0.444 e. The van der Waals surface area contributed by atoms with Gasteiger partial charge in [-0.1, -0.05) is 19.4 Å². The van der Waals surface area contributed by atoms with E-state index in [-0.39, 0.29) is 23.7 Å². The smallest absolute Gasteiger partial charge is 0.407 e. The number of halogens is 5. The second-order valence-corrected chi connectivity index (χ2v) is 10.3. The van der Waals surface area contributed by atoms with Crippen molar-refractivity contribution in [2.24, 2.45) is 5.92 Å². The summed E-state index contributed by atoms with van der Waals surface area (Å²) in [6.07, 6.45) is 0.0521. The van der Waals surface area contributed by atoms with E-state index >= 15 is 0 Å². The Balaban J connectivity index is 1.86. The van der Waals surface area contributed by atoms with Crippen molar-refractivity contribution in [1.82, 2.24) is 10.2 Å². The second kappa shape index (κ2) is 6.92. The predicted molar refractivity (Wildman–Crippen MR) is 101 cm³/mol. The maximum atomic E-state index is 12.7. The number of nitrogens with zero attached hydrogens (tertiary/aromatic N) is 1. The van der Waals surface area contributed by atoms with Gasteiger partial charge in [0.15, 0.2) is 0 Å². The fraction of sp³-hybridized carbons (Fsp3) is 0.529. The number of hydrogen-bond donors (Lipinski definition) is 2. The molecule has 1 aromatic carbocycles. The van der Waals surface area contributed by atoms with Crippen LogP contribution in [-0.4, -0.2) is 42.3 Å². The van der Waals surface area contributed by atoms with Gasteiger partial charge in [0.25, 0.3) is 0 Å². The van der Waals surface area contributed by atoms with Gasteiger partial charge in [0.1, 0.15) is 10.5 Å². The fourth-order valence-electron chi connectivity index (χ4n) is 2.72. The van der Waals surface area contributed by atoms with E-state index in [0.717, 1.165) is 12.1 Å². The summed E-state index contributed by atoms with van der Waals surface area (Å²) in [4.78, 5) is 23.3. The molecule has 1 fully saturated rings. The topological polar surface area (TPSA) is 70.7 Å². The molecule has 1 heterocycles. The van der Waals surface area contributed by atoms with Gasteiger partial charge in [0, 0.05) is 25.3 Å². The summed E-state index contributed by atoms with van der Waals surface area (Å²) in [5, 5.41) is 5.00. The molecule has 0 aromatic heterocycles. The molecule has 2 N–H and O–H groups in total. The molecule has 0 aliphatic carbocycles. The van der Waals surface area contributed by atoms with Crippen LogP contribution in [0.2, 0.25) is 0 Å². The molecular formula is C17H24F5N3O3S. The molecule has 0 radical (unpaired) electrons. The first kappa shape index (κ1) is 23.0. The zero-order valence-corrected chi connectivity index (χ0v) is 17.0. The van der Waals surface area contributed by atoms with E-state index in [1.54, 1.807) is 20.8 Å². The third-order valence-corrected chi connectivity index (χ3v) is 5.22. The van der Waals surface area contributed by atoms with Crippen molar-refractivity contribution < 1.29 is 33.8 Å². The number of rotatable bonds is 4. The molecule has 1 saturated heterocycles. The van der Waals surface area contributed by atoms with Crippen molar-refractivity contribution in [2.45, 2.75) is 37.7 Å². The number of carbonyl (C=O) groups excluding carboxylic acids is 2. The van der Waals surface area contributed by atoms with Gasteiger partial charge in [0.05, 0.1) is 0 Å². The van der Waals surface area contributed by atoms with Crippen LogP contribution in [-0.2, 0) is 4.74 Å². The number of ether oxygens (including phenoxy) is 1. The van der Waals surface area contributed by atoms with E-state index < -0.39 is 32.8 Å². The highest BCUT2D eigenvalue weighted by Gasteiger charge is 2.65. The second-order valence-electron chi connectivity index (χ2n) is 7.91. The largest absolute Gasteiger partial charge is 0.444 e. The zero-order valence-electron chi connectivity index (χ0n) is 16.2. The number of hydrogen-bond acceptors (Lipinski definition) is 3. The lowest BCUT2D eigenvalue weighted by atomic mass is 10.1. The Bertz CT molecular complexity index is 779. The lowest BCUT2D eigenvalue weighted by molar-refractivity contribution is 0.0520. The molecule has 0 saturated carbocycles. The van der Waals surface area contributed by atoms with Crippen molar-refractivity contribution in [3.63, 3.8) is 0 Å². The molecule has 29 heavy (non-hydrogen) atoms. The van der Waals surface area contributed by atoms with Gasteiger partial charge >= 0.3 is 22.3 Å². The van der Waals surface area contributed by atoms with E-state index in [1.165, 1.54) is 4.90 Å². The van der Waals surface area contributed by atoms with Gasteiger partial charge in [-0.15, -0.1) is 0 Å².